The van der Waals surface area contributed by atoms with Crippen LogP contribution in [0.1, 0.15) is 29.8 Å². The van der Waals surface area contributed by atoms with Crippen LogP contribution in [0.2, 0.25) is 0 Å². The molecule has 144 valence electrons. The Morgan fingerprint density at radius 1 is 1.11 bits per heavy atom. The summed E-state index contributed by atoms with van der Waals surface area (Å²) < 4.78 is 0. The van der Waals surface area contributed by atoms with Gasteiger partial charge in [0.1, 0.15) is 0 Å². The molecule has 5 heteroatoms. The lowest BCUT2D eigenvalue weighted by molar-refractivity contribution is -0.132. The first-order valence-corrected chi connectivity index (χ1v) is 10.8. The van der Waals surface area contributed by atoms with E-state index in [1.54, 1.807) is 17.5 Å². The van der Waals surface area contributed by atoms with Gasteiger partial charge in [0.25, 0.3) is 0 Å². The molecule has 0 unspecified atom stereocenters. The number of carbonyl (C=O) groups excluding carboxylic acids is 1. The largest absolute Gasteiger partial charge is 0.343 e. The molecule has 1 aliphatic rings. The number of likely N-dealkylation sites (tertiary alicyclic amines) is 1. The van der Waals surface area contributed by atoms with Crippen LogP contribution >= 0.6 is 11.3 Å². The minimum atomic E-state index is 0.260. The summed E-state index contributed by atoms with van der Waals surface area (Å²) in [5.74, 6) is 0.948. The average molecular weight is 392 g/mol. The summed E-state index contributed by atoms with van der Waals surface area (Å²) in [4.78, 5) is 23.5. The van der Waals surface area contributed by atoms with Gasteiger partial charge in [-0.2, -0.15) is 0 Å². The van der Waals surface area contributed by atoms with Crippen LogP contribution in [-0.2, 0) is 17.6 Å². The molecule has 0 spiro atoms. The number of amides is 1. The summed E-state index contributed by atoms with van der Waals surface area (Å²) in [7, 11) is 0. The first-order chi connectivity index (χ1) is 13.8. The Labute approximate surface area is 170 Å². The summed E-state index contributed by atoms with van der Waals surface area (Å²) in [5, 5.41) is 3.07. The highest BCUT2D eigenvalue weighted by molar-refractivity contribution is 7.09. The lowest BCUT2D eigenvalue weighted by Crippen LogP contribution is -2.39. The average Bonchev–Trinajstić information content (AvgIpc) is 3.23. The number of aryl methyl sites for hydroxylation is 1. The highest BCUT2D eigenvalue weighted by atomic mass is 32.1. The second kappa shape index (κ2) is 9.11. The lowest BCUT2D eigenvalue weighted by Gasteiger charge is -2.32. The molecule has 0 atom stereocenters. The van der Waals surface area contributed by atoms with E-state index in [0.717, 1.165) is 48.6 Å². The van der Waals surface area contributed by atoms with E-state index in [1.807, 2.05) is 28.6 Å². The number of thiazole rings is 1. The molecule has 3 heterocycles. The molecule has 0 bridgehead atoms. The molecule has 0 aliphatic carbocycles. The van der Waals surface area contributed by atoms with Gasteiger partial charge in [-0.05, 0) is 42.9 Å². The predicted octanol–water partition coefficient (Wildman–Crippen LogP) is 4.62. The van der Waals surface area contributed by atoms with Crippen LogP contribution in [0.25, 0.3) is 11.3 Å². The van der Waals surface area contributed by atoms with E-state index in [2.05, 4.69) is 40.3 Å². The second-order valence-electron chi connectivity index (χ2n) is 7.38. The normalized spacial score (nSPS) is 14.9. The first-order valence-electron chi connectivity index (χ1n) is 9.94. The molecule has 4 nitrogen and oxygen atoms in total. The third-order valence-electron chi connectivity index (χ3n) is 5.40. The molecule has 28 heavy (non-hydrogen) atoms. The Balaban J connectivity index is 1.23. The highest BCUT2D eigenvalue weighted by Gasteiger charge is 2.23. The van der Waals surface area contributed by atoms with E-state index in [1.165, 1.54) is 5.56 Å². The monoisotopic (exact) mass is 391 g/mol. The van der Waals surface area contributed by atoms with Crippen molar-refractivity contribution in [3.63, 3.8) is 0 Å². The zero-order chi connectivity index (χ0) is 19.2. The van der Waals surface area contributed by atoms with E-state index in [0.29, 0.717) is 18.8 Å². The second-order valence-corrected chi connectivity index (χ2v) is 8.32. The van der Waals surface area contributed by atoms with E-state index in [4.69, 9.17) is 0 Å². The molecule has 0 radical (unpaired) electrons. The first kappa shape index (κ1) is 18.8. The van der Waals surface area contributed by atoms with E-state index in [-0.39, 0.29) is 5.91 Å². The van der Waals surface area contributed by atoms with Crippen molar-refractivity contribution < 1.29 is 4.79 Å². The van der Waals surface area contributed by atoms with Crippen molar-refractivity contribution in [3.8, 4) is 11.3 Å². The number of aromatic nitrogens is 2. The van der Waals surface area contributed by atoms with Crippen molar-refractivity contribution in [2.45, 2.75) is 32.1 Å². The van der Waals surface area contributed by atoms with Crippen LogP contribution in [0.15, 0.2) is 60.2 Å². The standard InChI is InChI=1S/C23H25N3OS/c27-23(9-8-22-25-21(17-28-22)20-7-4-12-24-16-20)26-13-10-19(11-14-26)15-18-5-2-1-3-6-18/h1-7,12,16-17,19H,8-11,13-15H2. The highest BCUT2D eigenvalue weighted by Crippen LogP contribution is 2.24. The number of piperidine rings is 1. The summed E-state index contributed by atoms with van der Waals surface area (Å²) >= 11 is 1.63. The number of carbonyl (C=O) groups is 1. The van der Waals surface area contributed by atoms with Crippen molar-refractivity contribution in [1.29, 1.82) is 0 Å². The van der Waals surface area contributed by atoms with Crippen molar-refractivity contribution >= 4 is 17.2 Å². The van der Waals surface area contributed by atoms with Gasteiger partial charge in [0.15, 0.2) is 0 Å². The smallest absolute Gasteiger partial charge is 0.222 e. The van der Waals surface area contributed by atoms with Crippen LogP contribution in [0.3, 0.4) is 0 Å². The van der Waals surface area contributed by atoms with Crippen LogP contribution in [0, 0.1) is 5.92 Å². The summed E-state index contributed by atoms with van der Waals surface area (Å²) in [6.45, 7) is 1.77. The molecule has 0 N–H and O–H groups in total. The van der Waals surface area contributed by atoms with Gasteiger partial charge in [0.05, 0.1) is 10.7 Å². The number of pyridine rings is 1. The quantitative estimate of drug-likeness (QED) is 0.616. The molecular formula is C23H25N3OS. The van der Waals surface area contributed by atoms with Crippen LogP contribution in [0.4, 0.5) is 0 Å². The SMILES string of the molecule is O=C(CCc1nc(-c2cccnc2)cs1)N1CCC(Cc2ccccc2)CC1. The number of nitrogens with zero attached hydrogens (tertiary/aromatic N) is 3. The zero-order valence-corrected chi connectivity index (χ0v) is 16.8. The molecule has 1 aromatic carbocycles. The number of rotatable bonds is 6. The third kappa shape index (κ3) is 4.84. The third-order valence-corrected chi connectivity index (χ3v) is 6.30. The number of benzene rings is 1. The van der Waals surface area contributed by atoms with E-state index >= 15 is 0 Å². The van der Waals surface area contributed by atoms with Gasteiger partial charge in [-0.3, -0.25) is 9.78 Å². The minimum absolute atomic E-state index is 0.260. The molecule has 1 fully saturated rings. The number of hydrogen-bond acceptors (Lipinski definition) is 4. The van der Waals surface area contributed by atoms with Gasteiger partial charge in [0, 0.05) is 49.3 Å². The maximum absolute atomic E-state index is 12.6. The molecular weight excluding hydrogens is 366 g/mol. The van der Waals surface area contributed by atoms with Gasteiger partial charge >= 0.3 is 0 Å². The Hall–Kier alpha value is -2.53. The lowest BCUT2D eigenvalue weighted by atomic mass is 9.90. The molecule has 3 aromatic rings. The van der Waals surface area contributed by atoms with Crippen LogP contribution < -0.4 is 0 Å². The Morgan fingerprint density at radius 3 is 2.68 bits per heavy atom. The van der Waals surface area contributed by atoms with Crippen LogP contribution in [-0.4, -0.2) is 33.9 Å². The zero-order valence-electron chi connectivity index (χ0n) is 16.0. The van der Waals surface area contributed by atoms with E-state index in [9.17, 15) is 4.79 Å². The van der Waals surface area contributed by atoms with Gasteiger partial charge in [-0.1, -0.05) is 30.3 Å². The topological polar surface area (TPSA) is 46.1 Å². The fourth-order valence-corrected chi connectivity index (χ4v) is 4.59. The number of hydrogen-bond donors (Lipinski definition) is 0. The summed E-state index contributed by atoms with van der Waals surface area (Å²) in [6.07, 6.45) is 8.17. The molecule has 4 rings (SSSR count). The van der Waals surface area contributed by atoms with Gasteiger partial charge in [0.2, 0.25) is 5.91 Å². The minimum Gasteiger partial charge on any atom is -0.343 e. The molecule has 1 saturated heterocycles. The van der Waals surface area contributed by atoms with Crippen molar-refractivity contribution in [3.05, 3.63) is 70.8 Å². The van der Waals surface area contributed by atoms with Gasteiger partial charge < -0.3 is 4.90 Å². The molecule has 1 amide bonds. The predicted molar refractivity (Wildman–Crippen MR) is 113 cm³/mol. The fraction of sp³-hybridized carbons (Fsp3) is 0.348. The van der Waals surface area contributed by atoms with E-state index < -0.39 is 0 Å². The summed E-state index contributed by atoms with van der Waals surface area (Å²) in [6, 6.07) is 14.6. The van der Waals surface area contributed by atoms with Crippen molar-refractivity contribution in [2.75, 3.05) is 13.1 Å². The summed E-state index contributed by atoms with van der Waals surface area (Å²) in [5.41, 5.74) is 3.37. The van der Waals surface area contributed by atoms with Crippen molar-refractivity contribution in [2.24, 2.45) is 5.92 Å². The Morgan fingerprint density at radius 2 is 1.93 bits per heavy atom. The van der Waals surface area contributed by atoms with Crippen molar-refractivity contribution in [1.82, 2.24) is 14.9 Å². The molecule has 2 aromatic heterocycles. The maximum atomic E-state index is 12.6. The fourth-order valence-electron chi connectivity index (χ4n) is 3.78. The van der Waals surface area contributed by atoms with Crippen LogP contribution in [0.5, 0.6) is 0 Å². The molecule has 0 saturated carbocycles. The van der Waals surface area contributed by atoms with Gasteiger partial charge in [-0.25, -0.2) is 4.98 Å². The maximum Gasteiger partial charge on any atom is 0.222 e. The molecule has 1 aliphatic heterocycles. The Kier molecular flexibility index (Phi) is 6.12. The Bertz CT molecular complexity index is 886. The van der Waals surface area contributed by atoms with Gasteiger partial charge in [-0.15, -0.1) is 11.3 Å².